The van der Waals surface area contributed by atoms with Gasteiger partial charge in [0, 0.05) is 52.7 Å². The number of para-hydroxylation sites is 2. The minimum atomic E-state index is 0.260. The lowest BCUT2D eigenvalue weighted by Gasteiger charge is -2.36. The van der Waals surface area contributed by atoms with E-state index in [1.54, 1.807) is 7.11 Å². The number of amides is 1. The molecule has 5 nitrogen and oxygen atoms in total. The van der Waals surface area contributed by atoms with Crippen molar-refractivity contribution in [1.82, 2.24) is 9.80 Å². The molecule has 1 saturated heterocycles. The van der Waals surface area contributed by atoms with Crippen LogP contribution in [0.1, 0.15) is 26.2 Å². The predicted octanol–water partition coefficient (Wildman–Crippen LogP) is 2.47. The molecular formula is C19H31N3O2. The zero-order valence-electron chi connectivity index (χ0n) is 15.3. The number of benzene rings is 1. The summed E-state index contributed by atoms with van der Waals surface area (Å²) in [6, 6.07) is 8.17. The summed E-state index contributed by atoms with van der Waals surface area (Å²) in [4.78, 5) is 18.8. The van der Waals surface area contributed by atoms with Gasteiger partial charge in [0.1, 0.15) is 5.75 Å². The lowest BCUT2D eigenvalue weighted by molar-refractivity contribution is -0.130. The Morgan fingerprint density at radius 3 is 2.58 bits per heavy atom. The van der Waals surface area contributed by atoms with E-state index >= 15 is 0 Å². The van der Waals surface area contributed by atoms with Crippen molar-refractivity contribution in [2.45, 2.75) is 26.2 Å². The van der Waals surface area contributed by atoms with Gasteiger partial charge < -0.3 is 14.5 Å². The molecule has 1 aliphatic rings. The summed E-state index contributed by atoms with van der Waals surface area (Å²) in [5.74, 6) is 1.19. The second-order valence-corrected chi connectivity index (χ2v) is 6.42. The zero-order valence-corrected chi connectivity index (χ0v) is 15.3. The molecule has 5 heteroatoms. The number of carbonyl (C=O) groups excluding carboxylic acids is 1. The SMILES string of the molecule is CCCCN(C)C(=O)CCN1CCN(c2ccccc2OC)CC1. The Morgan fingerprint density at radius 2 is 1.92 bits per heavy atom. The summed E-state index contributed by atoms with van der Waals surface area (Å²) in [6.45, 7) is 7.81. The minimum absolute atomic E-state index is 0.260. The van der Waals surface area contributed by atoms with Crippen LogP contribution in [0.4, 0.5) is 5.69 Å². The molecule has 0 unspecified atom stereocenters. The molecule has 1 amide bonds. The number of unbranched alkanes of at least 4 members (excludes halogenated alkanes) is 1. The largest absolute Gasteiger partial charge is 0.495 e. The first-order valence-electron chi connectivity index (χ1n) is 9.00. The van der Waals surface area contributed by atoms with E-state index in [1.807, 2.05) is 24.1 Å². The van der Waals surface area contributed by atoms with Gasteiger partial charge in [-0.05, 0) is 18.6 Å². The van der Waals surface area contributed by atoms with Crippen LogP contribution in [0, 0.1) is 0 Å². The van der Waals surface area contributed by atoms with Crippen LogP contribution >= 0.6 is 0 Å². The standard InChI is InChI=1S/C19H31N3O2/c1-4-5-11-20(2)19(23)10-12-21-13-15-22(16-14-21)17-8-6-7-9-18(17)24-3/h6-9H,4-5,10-16H2,1-3H3. The highest BCUT2D eigenvalue weighted by atomic mass is 16.5. The lowest BCUT2D eigenvalue weighted by atomic mass is 10.2. The van der Waals surface area contributed by atoms with Crippen molar-refractivity contribution in [3.05, 3.63) is 24.3 Å². The van der Waals surface area contributed by atoms with Crippen LogP contribution in [0.3, 0.4) is 0 Å². The van der Waals surface area contributed by atoms with Crippen molar-refractivity contribution in [1.29, 1.82) is 0 Å². The van der Waals surface area contributed by atoms with E-state index in [0.717, 1.165) is 63.5 Å². The maximum atomic E-state index is 12.1. The van der Waals surface area contributed by atoms with Crippen LogP contribution < -0.4 is 9.64 Å². The molecule has 1 aliphatic heterocycles. The smallest absolute Gasteiger partial charge is 0.223 e. The van der Waals surface area contributed by atoms with E-state index < -0.39 is 0 Å². The molecule has 134 valence electrons. The fourth-order valence-electron chi connectivity index (χ4n) is 3.07. The third-order valence-electron chi connectivity index (χ3n) is 4.71. The molecule has 24 heavy (non-hydrogen) atoms. The fraction of sp³-hybridized carbons (Fsp3) is 0.632. The van der Waals surface area contributed by atoms with Crippen LogP contribution in [0.15, 0.2) is 24.3 Å². The average molecular weight is 333 g/mol. The number of hydrogen-bond acceptors (Lipinski definition) is 4. The third-order valence-corrected chi connectivity index (χ3v) is 4.71. The molecule has 1 aromatic carbocycles. The maximum absolute atomic E-state index is 12.1. The Kier molecular flexibility index (Phi) is 7.37. The number of rotatable bonds is 8. The monoisotopic (exact) mass is 333 g/mol. The number of anilines is 1. The summed E-state index contributed by atoms with van der Waals surface area (Å²) in [7, 11) is 3.63. The second-order valence-electron chi connectivity index (χ2n) is 6.42. The Bertz CT molecular complexity index is 513. The first-order chi connectivity index (χ1) is 11.7. The molecule has 1 heterocycles. The summed E-state index contributed by atoms with van der Waals surface area (Å²) in [5.41, 5.74) is 1.16. The molecule has 0 bridgehead atoms. The molecule has 1 fully saturated rings. The highest BCUT2D eigenvalue weighted by Gasteiger charge is 2.20. The Balaban J connectivity index is 1.76. The molecule has 0 atom stereocenters. The number of hydrogen-bond donors (Lipinski definition) is 0. The van der Waals surface area contributed by atoms with Crippen LogP contribution in [0.25, 0.3) is 0 Å². The van der Waals surface area contributed by atoms with Crippen molar-refractivity contribution in [3.63, 3.8) is 0 Å². The first kappa shape index (κ1) is 18.6. The van der Waals surface area contributed by atoms with E-state index in [2.05, 4.69) is 28.9 Å². The van der Waals surface area contributed by atoms with E-state index in [4.69, 9.17) is 4.74 Å². The number of ether oxygens (including phenoxy) is 1. The quantitative estimate of drug-likeness (QED) is 0.732. The van der Waals surface area contributed by atoms with Gasteiger partial charge in [-0.2, -0.15) is 0 Å². The van der Waals surface area contributed by atoms with Gasteiger partial charge in [0.25, 0.3) is 0 Å². The molecule has 0 aromatic heterocycles. The molecule has 0 radical (unpaired) electrons. The van der Waals surface area contributed by atoms with Crippen LogP contribution in [0.2, 0.25) is 0 Å². The van der Waals surface area contributed by atoms with Gasteiger partial charge in [-0.1, -0.05) is 25.5 Å². The molecule has 1 aromatic rings. The Morgan fingerprint density at radius 1 is 1.21 bits per heavy atom. The van der Waals surface area contributed by atoms with Crippen molar-refractivity contribution in [2.24, 2.45) is 0 Å². The van der Waals surface area contributed by atoms with Gasteiger partial charge >= 0.3 is 0 Å². The number of carbonyl (C=O) groups is 1. The molecule has 2 rings (SSSR count). The first-order valence-corrected chi connectivity index (χ1v) is 9.00. The summed E-state index contributed by atoms with van der Waals surface area (Å²) in [6.07, 6.45) is 2.83. The van der Waals surface area contributed by atoms with Crippen molar-refractivity contribution < 1.29 is 9.53 Å². The number of methoxy groups -OCH3 is 1. The highest BCUT2D eigenvalue weighted by molar-refractivity contribution is 5.76. The zero-order chi connectivity index (χ0) is 17.4. The fourth-order valence-corrected chi connectivity index (χ4v) is 3.07. The Labute approximate surface area is 146 Å². The Hall–Kier alpha value is -1.75. The number of piperazine rings is 1. The van der Waals surface area contributed by atoms with Crippen molar-refractivity contribution in [3.8, 4) is 5.75 Å². The lowest BCUT2D eigenvalue weighted by Crippen LogP contribution is -2.47. The average Bonchev–Trinajstić information content (AvgIpc) is 2.64. The normalized spacial score (nSPS) is 15.4. The van der Waals surface area contributed by atoms with Crippen molar-refractivity contribution >= 4 is 11.6 Å². The molecule has 0 N–H and O–H groups in total. The summed E-state index contributed by atoms with van der Waals surface area (Å²) >= 11 is 0. The third kappa shape index (κ3) is 5.13. The van der Waals surface area contributed by atoms with Crippen LogP contribution in [-0.2, 0) is 4.79 Å². The maximum Gasteiger partial charge on any atom is 0.223 e. The highest BCUT2D eigenvalue weighted by Crippen LogP contribution is 2.28. The van der Waals surface area contributed by atoms with Gasteiger partial charge in [0.15, 0.2) is 0 Å². The van der Waals surface area contributed by atoms with Crippen molar-refractivity contribution in [2.75, 3.05) is 58.3 Å². The van der Waals surface area contributed by atoms with Crippen LogP contribution in [-0.4, -0.2) is 69.1 Å². The van der Waals surface area contributed by atoms with E-state index in [9.17, 15) is 4.79 Å². The predicted molar refractivity (Wildman–Crippen MR) is 98.8 cm³/mol. The molecular weight excluding hydrogens is 302 g/mol. The number of nitrogens with zero attached hydrogens (tertiary/aromatic N) is 3. The molecule has 0 aliphatic carbocycles. The van der Waals surface area contributed by atoms with E-state index in [-0.39, 0.29) is 5.91 Å². The van der Waals surface area contributed by atoms with Gasteiger partial charge in [0.05, 0.1) is 12.8 Å². The summed E-state index contributed by atoms with van der Waals surface area (Å²) in [5, 5.41) is 0. The topological polar surface area (TPSA) is 36.0 Å². The van der Waals surface area contributed by atoms with E-state index in [1.165, 1.54) is 0 Å². The summed E-state index contributed by atoms with van der Waals surface area (Å²) < 4.78 is 5.46. The van der Waals surface area contributed by atoms with Gasteiger partial charge in [-0.15, -0.1) is 0 Å². The molecule has 0 saturated carbocycles. The minimum Gasteiger partial charge on any atom is -0.495 e. The van der Waals surface area contributed by atoms with E-state index in [0.29, 0.717) is 6.42 Å². The van der Waals surface area contributed by atoms with Crippen LogP contribution in [0.5, 0.6) is 5.75 Å². The molecule has 0 spiro atoms. The van der Waals surface area contributed by atoms with Gasteiger partial charge in [0.2, 0.25) is 5.91 Å². The second kappa shape index (κ2) is 9.52. The van der Waals surface area contributed by atoms with Gasteiger partial charge in [-0.3, -0.25) is 9.69 Å². The van der Waals surface area contributed by atoms with Gasteiger partial charge in [-0.25, -0.2) is 0 Å².